The normalized spacial score (nSPS) is 12.0. The Bertz CT molecular complexity index is 1170. The molecular formula is C20H16Cl2F3N3O3. The molecule has 0 bridgehead atoms. The summed E-state index contributed by atoms with van der Waals surface area (Å²) in [4.78, 5) is 22.3. The van der Waals surface area contributed by atoms with Gasteiger partial charge in [-0.2, -0.15) is 13.2 Å². The van der Waals surface area contributed by atoms with Gasteiger partial charge in [0.2, 0.25) is 5.75 Å². The van der Waals surface area contributed by atoms with Crippen LogP contribution in [0.5, 0.6) is 17.2 Å². The van der Waals surface area contributed by atoms with Crippen LogP contribution >= 0.6 is 23.2 Å². The quantitative estimate of drug-likeness (QED) is 0.493. The maximum Gasteiger partial charge on any atom is 0.437 e. The lowest BCUT2D eigenvalue weighted by Gasteiger charge is -2.21. The highest BCUT2D eigenvalue weighted by molar-refractivity contribution is 6.42. The maximum atomic E-state index is 13.7. The van der Waals surface area contributed by atoms with Crippen molar-refractivity contribution in [3.63, 3.8) is 0 Å². The van der Waals surface area contributed by atoms with Crippen LogP contribution in [0.3, 0.4) is 0 Å². The molecule has 0 atom stereocenters. The predicted octanol–water partition coefficient (Wildman–Crippen LogP) is 6.13. The molecule has 0 saturated heterocycles. The lowest BCUT2D eigenvalue weighted by Crippen LogP contribution is -2.23. The fourth-order valence-corrected chi connectivity index (χ4v) is 2.77. The van der Waals surface area contributed by atoms with E-state index in [1.54, 1.807) is 6.07 Å². The largest absolute Gasteiger partial charge is 0.488 e. The predicted molar refractivity (Wildman–Crippen MR) is 110 cm³/mol. The molecule has 0 radical (unpaired) electrons. The van der Waals surface area contributed by atoms with Crippen LogP contribution < -0.4 is 15.0 Å². The van der Waals surface area contributed by atoms with E-state index >= 15 is 0 Å². The molecule has 0 amide bonds. The summed E-state index contributed by atoms with van der Waals surface area (Å²) in [5.74, 6) is -1.18. The molecule has 3 rings (SSSR count). The number of halogens is 5. The Morgan fingerprint density at radius 1 is 1.00 bits per heavy atom. The molecule has 1 aromatic carbocycles. The van der Waals surface area contributed by atoms with Crippen LogP contribution in [0.15, 0.2) is 41.3 Å². The Morgan fingerprint density at radius 3 is 2.32 bits per heavy atom. The summed E-state index contributed by atoms with van der Waals surface area (Å²) in [6.45, 7) is 5.43. The first-order valence-corrected chi connectivity index (χ1v) is 9.59. The van der Waals surface area contributed by atoms with Crippen molar-refractivity contribution in [3.05, 3.63) is 62.6 Å². The maximum absolute atomic E-state index is 13.7. The Hall–Kier alpha value is -2.78. The molecule has 11 heteroatoms. The third kappa shape index (κ3) is 5.68. The van der Waals surface area contributed by atoms with E-state index < -0.39 is 34.6 Å². The number of nitrogens with zero attached hydrogens (tertiary/aromatic N) is 2. The van der Waals surface area contributed by atoms with Gasteiger partial charge in [0.25, 0.3) is 5.56 Å². The van der Waals surface area contributed by atoms with Crippen LogP contribution in [-0.4, -0.2) is 20.6 Å². The molecule has 1 N–H and O–H groups in total. The summed E-state index contributed by atoms with van der Waals surface area (Å²) in [7, 11) is 0. The molecule has 0 fully saturated rings. The number of ether oxygens (including phenoxy) is 2. The van der Waals surface area contributed by atoms with Crippen molar-refractivity contribution in [1.29, 1.82) is 0 Å². The number of H-pyrrole nitrogens is 1. The highest BCUT2D eigenvalue weighted by Gasteiger charge is 2.39. The third-order valence-corrected chi connectivity index (χ3v) is 4.39. The van der Waals surface area contributed by atoms with E-state index in [9.17, 15) is 18.0 Å². The minimum absolute atomic E-state index is 0.00885. The van der Waals surface area contributed by atoms with Gasteiger partial charge >= 0.3 is 6.18 Å². The summed E-state index contributed by atoms with van der Waals surface area (Å²) < 4.78 is 51.9. The van der Waals surface area contributed by atoms with Gasteiger partial charge in [-0.15, -0.1) is 0 Å². The van der Waals surface area contributed by atoms with E-state index in [4.69, 9.17) is 32.7 Å². The van der Waals surface area contributed by atoms with Gasteiger partial charge in [0.05, 0.1) is 10.0 Å². The summed E-state index contributed by atoms with van der Waals surface area (Å²) in [6, 6.07) is 6.71. The smallest absolute Gasteiger partial charge is 0.437 e. The first kappa shape index (κ1) is 22.9. The Kier molecular flexibility index (Phi) is 6.20. The van der Waals surface area contributed by atoms with Gasteiger partial charge in [0.1, 0.15) is 22.8 Å². The third-order valence-electron chi connectivity index (χ3n) is 3.65. The molecule has 2 aromatic heterocycles. The van der Waals surface area contributed by atoms with Gasteiger partial charge in [-0.25, -0.2) is 4.98 Å². The molecule has 0 aliphatic heterocycles. The molecule has 0 aliphatic rings. The van der Waals surface area contributed by atoms with Crippen LogP contribution in [0.1, 0.15) is 26.5 Å². The summed E-state index contributed by atoms with van der Waals surface area (Å²) in [5.41, 5.74) is -3.22. The second-order valence-electron chi connectivity index (χ2n) is 7.36. The lowest BCUT2D eigenvalue weighted by atomic mass is 10.2. The van der Waals surface area contributed by atoms with Crippen LogP contribution in [0.2, 0.25) is 10.0 Å². The topological polar surface area (TPSA) is 77.1 Å². The first-order chi connectivity index (χ1) is 14.3. The van der Waals surface area contributed by atoms with Crippen molar-refractivity contribution >= 4 is 23.2 Å². The molecular weight excluding hydrogens is 458 g/mol. The number of alkyl halides is 3. The van der Waals surface area contributed by atoms with Gasteiger partial charge < -0.3 is 14.5 Å². The first-order valence-electron chi connectivity index (χ1n) is 8.83. The standard InChI is InChI=1S/C20H16Cl2F3N3O3/c1-19(2,3)31-11-6-7-26-14(9-11)17-27-16(20(23,24)25)15(18(29)28-17)30-10-4-5-12(21)13(22)8-10/h4-9H,1-3H3,(H,27,28,29). The number of aromatic nitrogens is 3. The van der Waals surface area contributed by atoms with E-state index in [0.717, 1.165) is 0 Å². The average Bonchev–Trinajstić information content (AvgIpc) is 2.64. The molecule has 3 aromatic rings. The SMILES string of the molecule is CC(C)(C)Oc1ccnc(-c2nc(C(F)(F)F)c(Oc3ccc(Cl)c(Cl)c3)c(=O)[nH]2)c1. The van der Waals surface area contributed by atoms with Crippen LogP contribution in [0.4, 0.5) is 13.2 Å². The molecule has 164 valence electrons. The highest BCUT2D eigenvalue weighted by atomic mass is 35.5. The Morgan fingerprint density at radius 2 is 1.71 bits per heavy atom. The molecule has 0 aliphatic carbocycles. The van der Waals surface area contributed by atoms with Crippen molar-refractivity contribution in [2.24, 2.45) is 0 Å². The highest BCUT2D eigenvalue weighted by Crippen LogP contribution is 2.36. The Labute approximate surface area is 185 Å². The molecule has 0 saturated carbocycles. The van der Waals surface area contributed by atoms with Crippen molar-refractivity contribution in [2.45, 2.75) is 32.5 Å². The number of nitrogens with one attached hydrogen (secondary N) is 1. The van der Waals surface area contributed by atoms with Crippen LogP contribution in [0, 0.1) is 0 Å². The number of pyridine rings is 1. The molecule has 0 unspecified atom stereocenters. The second kappa shape index (κ2) is 8.39. The fourth-order valence-electron chi connectivity index (χ4n) is 2.49. The zero-order chi connectivity index (χ0) is 23.0. The van der Waals surface area contributed by atoms with Gasteiger partial charge in [-0.1, -0.05) is 23.2 Å². The van der Waals surface area contributed by atoms with E-state index in [0.29, 0.717) is 5.75 Å². The summed E-state index contributed by atoms with van der Waals surface area (Å²) >= 11 is 11.7. The van der Waals surface area contributed by atoms with Crippen molar-refractivity contribution < 1.29 is 22.6 Å². The van der Waals surface area contributed by atoms with E-state index in [1.807, 2.05) is 20.8 Å². The van der Waals surface area contributed by atoms with Crippen LogP contribution in [-0.2, 0) is 6.18 Å². The number of aromatic amines is 1. The average molecular weight is 474 g/mol. The molecule has 0 spiro atoms. The minimum Gasteiger partial charge on any atom is -0.488 e. The Balaban J connectivity index is 2.08. The van der Waals surface area contributed by atoms with Crippen molar-refractivity contribution in [2.75, 3.05) is 0 Å². The zero-order valence-corrected chi connectivity index (χ0v) is 18.0. The van der Waals surface area contributed by atoms with Gasteiger partial charge in [-0.3, -0.25) is 9.78 Å². The molecule has 6 nitrogen and oxygen atoms in total. The lowest BCUT2D eigenvalue weighted by molar-refractivity contribution is -0.142. The van der Waals surface area contributed by atoms with E-state index in [-0.39, 0.29) is 21.5 Å². The molecule has 2 heterocycles. The van der Waals surface area contributed by atoms with E-state index in [2.05, 4.69) is 15.0 Å². The van der Waals surface area contributed by atoms with Crippen molar-refractivity contribution in [3.8, 4) is 28.8 Å². The van der Waals surface area contributed by atoms with E-state index in [1.165, 1.54) is 30.5 Å². The number of hydrogen-bond donors (Lipinski definition) is 1. The molecule has 31 heavy (non-hydrogen) atoms. The number of hydrogen-bond acceptors (Lipinski definition) is 5. The van der Waals surface area contributed by atoms with Crippen molar-refractivity contribution in [1.82, 2.24) is 15.0 Å². The van der Waals surface area contributed by atoms with Gasteiger partial charge in [0, 0.05) is 18.3 Å². The minimum atomic E-state index is -4.98. The number of rotatable bonds is 4. The summed E-state index contributed by atoms with van der Waals surface area (Å²) in [5, 5.41) is 0.226. The van der Waals surface area contributed by atoms with Gasteiger partial charge in [-0.05, 0) is 39.0 Å². The number of benzene rings is 1. The monoisotopic (exact) mass is 473 g/mol. The van der Waals surface area contributed by atoms with Crippen LogP contribution in [0.25, 0.3) is 11.5 Å². The second-order valence-corrected chi connectivity index (χ2v) is 8.17. The summed E-state index contributed by atoms with van der Waals surface area (Å²) in [6.07, 6.45) is -3.64. The zero-order valence-electron chi connectivity index (χ0n) is 16.5. The van der Waals surface area contributed by atoms with Gasteiger partial charge in [0.15, 0.2) is 11.5 Å². The fraction of sp³-hybridized carbons (Fsp3) is 0.250.